The van der Waals surface area contributed by atoms with Crippen LogP contribution in [0, 0.1) is 17.2 Å². The lowest BCUT2D eigenvalue weighted by molar-refractivity contribution is 0.0240. The fraction of sp³-hybridized carbons (Fsp3) is 0.478. The minimum atomic E-state index is -0.534. The van der Waals surface area contributed by atoms with E-state index in [0.29, 0.717) is 19.8 Å². The van der Waals surface area contributed by atoms with Crippen LogP contribution in [-0.2, 0) is 9.47 Å². The Bertz CT molecular complexity index is 788. The number of amides is 1. The molecule has 1 atom stereocenters. The first-order valence-corrected chi connectivity index (χ1v) is 9.53. The van der Waals surface area contributed by atoms with E-state index in [1.165, 1.54) is 0 Å². The van der Waals surface area contributed by atoms with Crippen molar-refractivity contribution in [3.8, 4) is 6.07 Å². The third-order valence-electron chi connectivity index (χ3n) is 4.82. The number of allylic oxidation sites excluding steroid dienone is 5. The normalized spacial score (nSPS) is 19.9. The maximum Gasteiger partial charge on any atom is 0.410 e. The smallest absolute Gasteiger partial charge is 0.410 e. The number of nitriles is 1. The molecule has 1 heterocycles. The summed E-state index contributed by atoms with van der Waals surface area (Å²) in [5.41, 5.74) is 4.36. The molecule has 1 aliphatic heterocycles. The average Bonchev–Trinajstić information content (AvgIpc) is 2.66. The first-order valence-electron chi connectivity index (χ1n) is 9.53. The summed E-state index contributed by atoms with van der Waals surface area (Å²) in [6.45, 7) is 15.3. The van der Waals surface area contributed by atoms with Gasteiger partial charge in [0.15, 0.2) is 0 Å². The van der Waals surface area contributed by atoms with Crippen molar-refractivity contribution in [1.29, 1.82) is 5.26 Å². The topological polar surface area (TPSA) is 62.6 Å². The molecule has 0 aromatic carbocycles. The van der Waals surface area contributed by atoms with Crippen LogP contribution in [0.3, 0.4) is 0 Å². The van der Waals surface area contributed by atoms with Crippen molar-refractivity contribution in [2.45, 2.75) is 39.2 Å². The highest BCUT2D eigenvalue weighted by Crippen LogP contribution is 2.34. The van der Waals surface area contributed by atoms with Crippen LogP contribution in [0.15, 0.2) is 59.3 Å². The second kappa shape index (κ2) is 9.07. The number of carbonyl (C=O) groups is 1. The van der Waals surface area contributed by atoms with E-state index in [0.717, 1.165) is 40.7 Å². The molecule has 0 spiro atoms. The standard InChI is InChI=1S/C23H30N2O3/c1-7-20-19(13-25(6)22(26)28-23(3,4)5)14-27-15-21(20)16(2)18-10-8-17(12-24)9-11-18/h7-8,10,19H,1-2,9,11,13-15H2,3-6H3. The van der Waals surface area contributed by atoms with E-state index in [-0.39, 0.29) is 12.0 Å². The number of rotatable bonds is 5. The molecule has 0 radical (unpaired) electrons. The van der Waals surface area contributed by atoms with Crippen LogP contribution >= 0.6 is 0 Å². The number of nitrogens with zero attached hydrogens (tertiary/aromatic N) is 2. The average molecular weight is 383 g/mol. The summed E-state index contributed by atoms with van der Waals surface area (Å²) in [7, 11) is 1.73. The van der Waals surface area contributed by atoms with Gasteiger partial charge in [-0.05, 0) is 62.0 Å². The Kier molecular flexibility index (Phi) is 7.04. The SMILES string of the molecule is C=CC1=C(C(=C)C2=CC=C(C#N)CC2)COCC1CN(C)C(=O)OC(C)(C)C. The van der Waals surface area contributed by atoms with Gasteiger partial charge in [0.25, 0.3) is 0 Å². The quantitative estimate of drug-likeness (QED) is 0.691. The Balaban J connectivity index is 2.19. The highest BCUT2D eigenvalue weighted by molar-refractivity contribution is 5.68. The molecule has 0 N–H and O–H groups in total. The van der Waals surface area contributed by atoms with Crippen molar-refractivity contribution >= 4 is 6.09 Å². The van der Waals surface area contributed by atoms with Gasteiger partial charge in [0.05, 0.1) is 19.3 Å². The maximum atomic E-state index is 12.3. The zero-order valence-electron chi connectivity index (χ0n) is 17.4. The Morgan fingerprint density at radius 3 is 2.68 bits per heavy atom. The van der Waals surface area contributed by atoms with Crippen LogP contribution in [0.25, 0.3) is 0 Å². The van der Waals surface area contributed by atoms with E-state index in [4.69, 9.17) is 14.7 Å². The van der Waals surface area contributed by atoms with Gasteiger partial charge in [-0.15, -0.1) is 0 Å². The van der Waals surface area contributed by atoms with Crippen LogP contribution in [0.1, 0.15) is 33.6 Å². The van der Waals surface area contributed by atoms with Gasteiger partial charge in [-0.3, -0.25) is 0 Å². The lowest BCUT2D eigenvalue weighted by Crippen LogP contribution is -2.39. The van der Waals surface area contributed by atoms with Crippen molar-refractivity contribution in [3.63, 3.8) is 0 Å². The van der Waals surface area contributed by atoms with Gasteiger partial charge in [-0.2, -0.15) is 5.26 Å². The molecule has 0 fully saturated rings. The third kappa shape index (κ3) is 5.46. The highest BCUT2D eigenvalue weighted by Gasteiger charge is 2.28. The van der Waals surface area contributed by atoms with Crippen LogP contribution in [-0.4, -0.2) is 43.4 Å². The molecule has 2 rings (SSSR count). The third-order valence-corrected chi connectivity index (χ3v) is 4.82. The predicted octanol–water partition coefficient (Wildman–Crippen LogP) is 4.71. The Hall–Kier alpha value is -2.58. The molecule has 5 heteroatoms. The van der Waals surface area contributed by atoms with Gasteiger partial charge in [0.2, 0.25) is 0 Å². The molecule has 5 nitrogen and oxygen atoms in total. The van der Waals surface area contributed by atoms with Gasteiger partial charge in [-0.25, -0.2) is 4.79 Å². The maximum absolute atomic E-state index is 12.3. The fourth-order valence-corrected chi connectivity index (χ4v) is 3.35. The van der Waals surface area contributed by atoms with Gasteiger partial charge in [-0.1, -0.05) is 25.3 Å². The second-order valence-electron chi connectivity index (χ2n) is 8.19. The predicted molar refractivity (Wildman–Crippen MR) is 111 cm³/mol. The van der Waals surface area contributed by atoms with Crippen molar-refractivity contribution in [2.24, 2.45) is 5.92 Å². The fourth-order valence-electron chi connectivity index (χ4n) is 3.35. The van der Waals surface area contributed by atoms with Crippen molar-refractivity contribution in [1.82, 2.24) is 4.90 Å². The van der Waals surface area contributed by atoms with E-state index >= 15 is 0 Å². The Morgan fingerprint density at radius 1 is 1.43 bits per heavy atom. The van der Waals surface area contributed by atoms with Crippen LogP contribution < -0.4 is 0 Å². The van der Waals surface area contributed by atoms with Gasteiger partial charge in [0, 0.05) is 25.1 Å². The first-order chi connectivity index (χ1) is 13.2. The summed E-state index contributed by atoms with van der Waals surface area (Å²) < 4.78 is 11.3. The first kappa shape index (κ1) is 21.7. The molecule has 1 unspecified atom stereocenters. The lowest BCUT2D eigenvalue weighted by atomic mass is 9.84. The molecule has 1 amide bonds. The summed E-state index contributed by atoms with van der Waals surface area (Å²) in [5.74, 6) is 0.00456. The van der Waals surface area contributed by atoms with E-state index in [9.17, 15) is 4.79 Å². The minimum absolute atomic E-state index is 0.00456. The van der Waals surface area contributed by atoms with Crippen LogP contribution in [0.5, 0.6) is 0 Å². The van der Waals surface area contributed by atoms with E-state index in [1.54, 1.807) is 11.9 Å². The highest BCUT2D eigenvalue weighted by atomic mass is 16.6. The lowest BCUT2D eigenvalue weighted by Gasteiger charge is -2.32. The van der Waals surface area contributed by atoms with Gasteiger partial charge in [0.1, 0.15) is 5.60 Å². The molecule has 150 valence electrons. The second-order valence-corrected chi connectivity index (χ2v) is 8.19. The molecular formula is C23H30N2O3. The Morgan fingerprint density at radius 2 is 2.14 bits per heavy atom. The van der Waals surface area contributed by atoms with Gasteiger partial charge < -0.3 is 14.4 Å². The molecule has 0 bridgehead atoms. The molecule has 0 saturated carbocycles. The molecule has 1 aliphatic carbocycles. The summed E-state index contributed by atoms with van der Waals surface area (Å²) in [4.78, 5) is 13.9. The van der Waals surface area contributed by atoms with Crippen molar-refractivity contribution in [2.75, 3.05) is 26.8 Å². The summed E-state index contributed by atoms with van der Waals surface area (Å²) in [6.07, 6.45) is 6.82. The molecule has 2 aliphatic rings. The van der Waals surface area contributed by atoms with E-state index in [2.05, 4.69) is 19.2 Å². The molecule has 0 saturated heterocycles. The molecule has 0 aromatic rings. The zero-order valence-corrected chi connectivity index (χ0v) is 17.4. The molecular weight excluding hydrogens is 352 g/mol. The van der Waals surface area contributed by atoms with Crippen LogP contribution in [0.2, 0.25) is 0 Å². The number of hydrogen-bond acceptors (Lipinski definition) is 4. The molecule has 28 heavy (non-hydrogen) atoms. The summed E-state index contributed by atoms with van der Waals surface area (Å²) >= 11 is 0. The monoisotopic (exact) mass is 382 g/mol. The van der Waals surface area contributed by atoms with Gasteiger partial charge >= 0.3 is 6.09 Å². The van der Waals surface area contributed by atoms with E-state index < -0.39 is 5.60 Å². The molecule has 0 aromatic heterocycles. The Labute approximate surface area is 168 Å². The number of carbonyl (C=O) groups excluding carboxylic acids is 1. The number of ether oxygens (including phenoxy) is 2. The largest absolute Gasteiger partial charge is 0.444 e. The van der Waals surface area contributed by atoms with Crippen LogP contribution in [0.4, 0.5) is 4.79 Å². The minimum Gasteiger partial charge on any atom is -0.444 e. The number of hydrogen-bond donors (Lipinski definition) is 0. The van der Waals surface area contributed by atoms with Crippen molar-refractivity contribution in [3.05, 3.63) is 59.3 Å². The zero-order chi connectivity index (χ0) is 20.9. The summed E-state index contributed by atoms with van der Waals surface area (Å²) in [6, 6.07) is 2.20. The summed E-state index contributed by atoms with van der Waals surface area (Å²) in [5, 5.41) is 9.02. The van der Waals surface area contributed by atoms with E-state index in [1.807, 2.05) is 39.0 Å². The van der Waals surface area contributed by atoms with Crippen molar-refractivity contribution < 1.29 is 14.3 Å².